The van der Waals surface area contributed by atoms with E-state index in [1.807, 2.05) is 20.8 Å². The minimum atomic E-state index is -0.357. The Morgan fingerprint density at radius 2 is 1.65 bits per heavy atom. The van der Waals surface area contributed by atoms with Crippen molar-refractivity contribution < 1.29 is 9.53 Å². The maximum absolute atomic E-state index is 11.1. The lowest BCUT2D eigenvalue weighted by atomic mass is 10.1. The molecular weight excluding hydrogens is 261 g/mol. The molecule has 0 rings (SSSR count). The summed E-state index contributed by atoms with van der Waals surface area (Å²) in [4.78, 5) is 11.1. The number of halogens is 2. The van der Waals surface area contributed by atoms with Crippen molar-refractivity contribution in [2.75, 3.05) is 0 Å². The number of carbonyl (C=O) groups excluding carboxylic acids is 1. The third kappa shape index (κ3) is 18.1. The largest absolute Gasteiger partial charge is 0.444 e. The Balaban J connectivity index is 0. The van der Waals surface area contributed by atoms with Crippen LogP contribution >= 0.6 is 23.2 Å². The van der Waals surface area contributed by atoms with Crippen LogP contribution in [0.4, 0.5) is 0 Å². The average Bonchev–Trinajstić information content (AvgIpc) is 1.97. The molecule has 0 aliphatic heterocycles. The van der Waals surface area contributed by atoms with Gasteiger partial charge in [-0.05, 0) is 34.6 Å². The molecule has 0 bridgehead atoms. The predicted octanol–water partition coefficient (Wildman–Crippen LogP) is 3.78. The van der Waals surface area contributed by atoms with Gasteiger partial charge < -0.3 is 4.74 Å². The van der Waals surface area contributed by atoms with Gasteiger partial charge in [-0.25, -0.2) is 4.79 Å². The highest BCUT2D eigenvalue weighted by atomic mass is 35.5. The van der Waals surface area contributed by atoms with E-state index in [0.29, 0.717) is 5.57 Å². The molecule has 1 N–H and O–H groups in total. The summed E-state index contributed by atoms with van der Waals surface area (Å²) >= 11 is 9.69. The first kappa shape index (κ1) is 18.8. The molecule has 0 saturated heterocycles. The molecule has 3 nitrogen and oxygen atoms in total. The van der Waals surface area contributed by atoms with Crippen molar-refractivity contribution in [3.05, 3.63) is 23.2 Å². The number of nitrogens with one attached hydrogen (secondary N) is 1. The van der Waals surface area contributed by atoms with Crippen molar-refractivity contribution in [2.24, 2.45) is 0 Å². The first-order valence-corrected chi connectivity index (χ1v) is 5.85. The van der Waals surface area contributed by atoms with Crippen LogP contribution in [0.25, 0.3) is 0 Å². The SMILES string of the molecule is C=C(C)C(=O)OC(C)NC(C)(C)C.C=C(Cl)Cl. The zero-order valence-corrected chi connectivity index (χ0v) is 12.6. The predicted molar refractivity (Wildman–Crippen MR) is 74.1 cm³/mol. The van der Waals surface area contributed by atoms with Crippen LogP contribution in [0.15, 0.2) is 23.2 Å². The highest BCUT2D eigenvalue weighted by Crippen LogP contribution is 2.03. The molecule has 0 aliphatic carbocycles. The second-order valence-electron chi connectivity index (χ2n) is 4.56. The smallest absolute Gasteiger partial charge is 0.334 e. The molecule has 17 heavy (non-hydrogen) atoms. The maximum Gasteiger partial charge on any atom is 0.334 e. The van der Waals surface area contributed by atoms with Gasteiger partial charge in [0, 0.05) is 11.1 Å². The molecule has 0 fully saturated rings. The Kier molecular flexibility index (Phi) is 9.49. The first-order chi connectivity index (χ1) is 7.45. The Hall–Kier alpha value is -0.510. The van der Waals surface area contributed by atoms with Gasteiger partial charge in [-0.15, -0.1) is 0 Å². The molecule has 1 unspecified atom stereocenters. The summed E-state index contributed by atoms with van der Waals surface area (Å²) in [7, 11) is 0. The summed E-state index contributed by atoms with van der Waals surface area (Å²) in [5.41, 5.74) is 0.358. The van der Waals surface area contributed by atoms with E-state index in [-0.39, 0.29) is 22.2 Å². The molecule has 100 valence electrons. The molecule has 0 heterocycles. The standard InChI is InChI=1S/C10H19NO2.C2H2Cl2/c1-7(2)9(12)13-8(3)11-10(4,5)6;1-2(3)4/h8,11H,1H2,2-6H3;1H2. The fraction of sp³-hybridized carbons (Fsp3) is 0.583. The minimum absolute atomic E-state index is 0.0607. The molecule has 0 aromatic heterocycles. The fourth-order valence-corrected chi connectivity index (χ4v) is 0.900. The van der Waals surface area contributed by atoms with Crippen molar-refractivity contribution in [1.82, 2.24) is 5.32 Å². The number of rotatable bonds is 3. The second kappa shape index (κ2) is 8.56. The van der Waals surface area contributed by atoms with Gasteiger partial charge in [0.15, 0.2) is 6.23 Å². The van der Waals surface area contributed by atoms with Crippen LogP contribution in [0.1, 0.15) is 34.6 Å². The van der Waals surface area contributed by atoms with Crippen LogP contribution in [0.3, 0.4) is 0 Å². The van der Waals surface area contributed by atoms with Crippen molar-refractivity contribution in [1.29, 1.82) is 0 Å². The summed E-state index contributed by atoms with van der Waals surface area (Å²) in [6.45, 7) is 16.1. The molecule has 0 amide bonds. The summed E-state index contributed by atoms with van der Waals surface area (Å²) in [5, 5.41) is 3.12. The minimum Gasteiger partial charge on any atom is -0.444 e. The van der Waals surface area contributed by atoms with E-state index in [0.717, 1.165) is 0 Å². The van der Waals surface area contributed by atoms with Crippen molar-refractivity contribution in [3.63, 3.8) is 0 Å². The van der Waals surface area contributed by atoms with E-state index in [9.17, 15) is 4.79 Å². The normalized spacial score (nSPS) is 11.9. The Labute approximate surface area is 114 Å². The van der Waals surface area contributed by atoms with Gasteiger partial charge in [0.2, 0.25) is 0 Å². The van der Waals surface area contributed by atoms with Crippen LogP contribution in [-0.4, -0.2) is 17.7 Å². The van der Waals surface area contributed by atoms with Crippen molar-refractivity contribution in [3.8, 4) is 0 Å². The molecule has 1 atom stereocenters. The van der Waals surface area contributed by atoms with E-state index in [4.69, 9.17) is 27.9 Å². The van der Waals surface area contributed by atoms with Crippen LogP contribution in [0.5, 0.6) is 0 Å². The lowest BCUT2D eigenvalue weighted by Crippen LogP contribution is -2.44. The zero-order valence-electron chi connectivity index (χ0n) is 11.1. The number of hydrogen-bond acceptors (Lipinski definition) is 3. The Morgan fingerprint density at radius 3 is 1.88 bits per heavy atom. The van der Waals surface area contributed by atoms with Gasteiger partial charge in [0.25, 0.3) is 0 Å². The average molecular weight is 282 g/mol. The van der Waals surface area contributed by atoms with Gasteiger partial charge >= 0.3 is 5.97 Å². The van der Waals surface area contributed by atoms with Gasteiger partial charge in [0.1, 0.15) is 0 Å². The number of hydrogen-bond donors (Lipinski definition) is 1. The molecule has 5 heteroatoms. The maximum atomic E-state index is 11.1. The lowest BCUT2D eigenvalue weighted by molar-refractivity contribution is -0.145. The van der Waals surface area contributed by atoms with Crippen LogP contribution in [-0.2, 0) is 9.53 Å². The zero-order chi connectivity index (χ0) is 14.2. The lowest BCUT2D eigenvalue weighted by Gasteiger charge is -2.25. The molecule has 0 radical (unpaired) electrons. The quantitative estimate of drug-likeness (QED) is 0.486. The van der Waals surface area contributed by atoms with Crippen LogP contribution < -0.4 is 5.32 Å². The van der Waals surface area contributed by atoms with Crippen LogP contribution in [0, 0.1) is 0 Å². The van der Waals surface area contributed by atoms with E-state index in [2.05, 4.69) is 18.5 Å². The second-order valence-corrected chi connectivity index (χ2v) is 5.67. The fourth-order valence-electron chi connectivity index (χ4n) is 0.900. The molecule has 0 aromatic carbocycles. The van der Waals surface area contributed by atoms with Crippen molar-refractivity contribution >= 4 is 29.2 Å². The summed E-state index contributed by atoms with van der Waals surface area (Å²) < 4.78 is 5.15. The third-order valence-electron chi connectivity index (χ3n) is 1.27. The van der Waals surface area contributed by atoms with Crippen molar-refractivity contribution in [2.45, 2.75) is 46.4 Å². The summed E-state index contributed by atoms with van der Waals surface area (Å²) in [5.74, 6) is -0.357. The first-order valence-electron chi connectivity index (χ1n) is 5.10. The van der Waals surface area contributed by atoms with E-state index in [1.54, 1.807) is 13.8 Å². The third-order valence-corrected chi connectivity index (χ3v) is 1.27. The Bertz CT molecular complexity index is 279. The molecule has 0 saturated carbocycles. The monoisotopic (exact) mass is 281 g/mol. The highest BCUT2D eigenvalue weighted by molar-refractivity contribution is 6.55. The number of carbonyl (C=O) groups is 1. The molecule has 0 aliphatic rings. The van der Waals surface area contributed by atoms with E-state index >= 15 is 0 Å². The van der Waals surface area contributed by atoms with Gasteiger partial charge in [-0.2, -0.15) is 0 Å². The molecule has 0 spiro atoms. The summed E-state index contributed by atoms with van der Waals surface area (Å²) in [6.07, 6.45) is -0.288. The summed E-state index contributed by atoms with van der Waals surface area (Å²) in [6, 6.07) is 0. The number of esters is 1. The Morgan fingerprint density at radius 1 is 1.29 bits per heavy atom. The van der Waals surface area contributed by atoms with Gasteiger partial charge in [-0.1, -0.05) is 36.4 Å². The van der Waals surface area contributed by atoms with Crippen LogP contribution in [0.2, 0.25) is 0 Å². The van der Waals surface area contributed by atoms with Gasteiger partial charge in [-0.3, -0.25) is 5.32 Å². The van der Waals surface area contributed by atoms with E-state index in [1.165, 1.54) is 0 Å². The van der Waals surface area contributed by atoms with Gasteiger partial charge in [0.05, 0.1) is 4.49 Å². The highest BCUT2D eigenvalue weighted by Gasteiger charge is 2.16. The molecule has 0 aromatic rings. The molecular formula is C12H21Cl2NO2. The topological polar surface area (TPSA) is 38.3 Å². The number of ether oxygens (including phenoxy) is 1. The van der Waals surface area contributed by atoms with E-state index < -0.39 is 0 Å².